The highest BCUT2D eigenvalue weighted by Gasteiger charge is 2.38. The van der Waals surface area contributed by atoms with Crippen molar-refractivity contribution in [1.82, 2.24) is 15.5 Å². The Hall–Kier alpha value is -1.33. The molecule has 2 fully saturated rings. The topological polar surface area (TPSA) is 36.5 Å². The fourth-order valence-electron chi connectivity index (χ4n) is 4.60. The molecule has 2 N–H and O–H groups in total. The lowest BCUT2D eigenvalue weighted by atomic mass is 9.79. The molecule has 1 aliphatic heterocycles. The molecule has 0 atom stereocenters. The van der Waals surface area contributed by atoms with Gasteiger partial charge in [0.05, 0.1) is 7.11 Å². The van der Waals surface area contributed by atoms with Crippen LogP contribution in [0.2, 0.25) is 0 Å². The van der Waals surface area contributed by atoms with Gasteiger partial charge >= 0.3 is 0 Å². The normalized spacial score (nSPS) is 20.0. The SMILES string of the molecule is COc1ccc(CCNC(=S)NCC2(N3CCCCC3)CCCCC2)cc1. The van der Waals surface area contributed by atoms with Crippen LogP contribution >= 0.6 is 12.2 Å². The van der Waals surface area contributed by atoms with Crippen LogP contribution in [0.5, 0.6) is 5.75 Å². The Balaban J connectivity index is 1.44. The van der Waals surface area contributed by atoms with Crippen molar-refractivity contribution in [3.63, 3.8) is 0 Å². The predicted octanol–water partition coefficient (Wildman–Crippen LogP) is 3.89. The summed E-state index contributed by atoms with van der Waals surface area (Å²) >= 11 is 5.57. The second-order valence-electron chi connectivity index (χ2n) is 8.04. The van der Waals surface area contributed by atoms with Gasteiger partial charge in [-0.05, 0) is 75.1 Å². The molecule has 0 aromatic heterocycles. The monoisotopic (exact) mass is 389 g/mol. The molecule has 0 bridgehead atoms. The Labute approximate surface area is 170 Å². The summed E-state index contributed by atoms with van der Waals surface area (Å²) in [6, 6.07) is 8.25. The standard InChI is InChI=1S/C22H35N3OS/c1-26-20-10-8-19(9-11-20)12-15-23-21(27)24-18-22(13-4-2-5-14-22)25-16-6-3-7-17-25/h8-11H,2-7,12-18H2,1H3,(H2,23,24,27). The van der Waals surface area contributed by atoms with E-state index in [0.29, 0.717) is 5.54 Å². The number of hydrogen-bond donors (Lipinski definition) is 2. The van der Waals surface area contributed by atoms with E-state index in [2.05, 4.69) is 27.7 Å². The van der Waals surface area contributed by atoms with Gasteiger partial charge in [-0.25, -0.2) is 0 Å². The Kier molecular flexibility index (Phi) is 7.77. The van der Waals surface area contributed by atoms with Crippen LogP contribution in [0.1, 0.15) is 56.9 Å². The van der Waals surface area contributed by atoms with Gasteiger partial charge in [0.2, 0.25) is 0 Å². The third kappa shape index (κ3) is 5.82. The average Bonchev–Trinajstić information content (AvgIpc) is 2.74. The Morgan fingerprint density at radius 2 is 1.67 bits per heavy atom. The zero-order chi connectivity index (χ0) is 19.0. The molecule has 1 heterocycles. The van der Waals surface area contributed by atoms with E-state index in [1.165, 1.54) is 70.0 Å². The predicted molar refractivity (Wildman–Crippen MR) is 117 cm³/mol. The number of likely N-dealkylation sites (tertiary alicyclic amines) is 1. The minimum Gasteiger partial charge on any atom is -0.497 e. The number of benzene rings is 1. The number of nitrogens with one attached hydrogen (secondary N) is 2. The van der Waals surface area contributed by atoms with Gasteiger partial charge < -0.3 is 15.4 Å². The summed E-state index contributed by atoms with van der Waals surface area (Å²) in [7, 11) is 1.70. The van der Waals surface area contributed by atoms with Crippen LogP contribution in [0.4, 0.5) is 0 Å². The van der Waals surface area contributed by atoms with Gasteiger partial charge in [-0.15, -0.1) is 0 Å². The number of ether oxygens (including phenoxy) is 1. The van der Waals surface area contributed by atoms with Crippen LogP contribution in [-0.4, -0.2) is 48.8 Å². The molecule has 5 heteroatoms. The van der Waals surface area contributed by atoms with Crippen LogP contribution in [0, 0.1) is 0 Å². The molecular formula is C22H35N3OS. The lowest BCUT2D eigenvalue weighted by Crippen LogP contribution is -2.58. The van der Waals surface area contributed by atoms with E-state index in [9.17, 15) is 0 Å². The smallest absolute Gasteiger partial charge is 0.166 e. The maximum Gasteiger partial charge on any atom is 0.166 e. The molecule has 1 aliphatic carbocycles. The van der Waals surface area contributed by atoms with E-state index in [1.807, 2.05) is 12.1 Å². The van der Waals surface area contributed by atoms with Crippen molar-refractivity contribution in [2.75, 3.05) is 33.3 Å². The molecule has 150 valence electrons. The van der Waals surface area contributed by atoms with E-state index < -0.39 is 0 Å². The van der Waals surface area contributed by atoms with E-state index in [1.54, 1.807) is 7.11 Å². The zero-order valence-electron chi connectivity index (χ0n) is 16.8. The Morgan fingerprint density at radius 1 is 1.00 bits per heavy atom. The molecule has 1 aromatic rings. The van der Waals surface area contributed by atoms with Crippen LogP contribution in [0.3, 0.4) is 0 Å². The van der Waals surface area contributed by atoms with E-state index in [4.69, 9.17) is 17.0 Å². The third-order valence-corrected chi connectivity index (χ3v) is 6.54. The Morgan fingerprint density at radius 3 is 2.33 bits per heavy atom. The summed E-state index contributed by atoms with van der Waals surface area (Å²) in [4.78, 5) is 2.77. The molecule has 1 saturated carbocycles. The average molecular weight is 390 g/mol. The van der Waals surface area contributed by atoms with Crippen LogP contribution in [-0.2, 0) is 6.42 Å². The molecule has 0 amide bonds. The number of rotatable bonds is 7. The lowest BCUT2D eigenvalue weighted by Gasteiger charge is -2.48. The Bertz CT molecular complexity index is 578. The molecule has 4 nitrogen and oxygen atoms in total. The molecule has 0 unspecified atom stereocenters. The first-order chi connectivity index (χ1) is 13.2. The maximum absolute atomic E-state index is 5.57. The second kappa shape index (κ2) is 10.3. The minimum atomic E-state index is 0.320. The number of piperidine rings is 1. The van der Waals surface area contributed by atoms with Gasteiger partial charge in [-0.3, -0.25) is 4.90 Å². The summed E-state index contributed by atoms with van der Waals surface area (Å²) in [5, 5.41) is 7.74. The van der Waals surface area contributed by atoms with Gasteiger partial charge in [0.15, 0.2) is 5.11 Å². The molecule has 27 heavy (non-hydrogen) atoms. The highest BCUT2D eigenvalue weighted by atomic mass is 32.1. The van der Waals surface area contributed by atoms with Crippen molar-refractivity contribution in [2.45, 2.75) is 63.3 Å². The van der Waals surface area contributed by atoms with E-state index in [0.717, 1.165) is 30.4 Å². The van der Waals surface area contributed by atoms with Crippen molar-refractivity contribution in [1.29, 1.82) is 0 Å². The fourth-order valence-corrected chi connectivity index (χ4v) is 4.78. The quantitative estimate of drug-likeness (QED) is 0.692. The van der Waals surface area contributed by atoms with Crippen molar-refractivity contribution < 1.29 is 4.74 Å². The lowest BCUT2D eigenvalue weighted by molar-refractivity contribution is 0.0369. The summed E-state index contributed by atoms with van der Waals surface area (Å²) in [6.45, 7) is 4.37. The van der Waals surface area contributed by atoms with Crippen molar-refractivity contribution in [2.24, 2.45) is 0 Å². The van der Waals surface area contributed by atoms with Crippen molar-refractivity contribution in [3.8, 4) is 5.75 Å². The molecule has 0 radical (unpaired) electrons. The van der Waals surface area contributed by atoms with Gasteiger partial charge in [0, 0.05) is 18.6 Å². The molecule has 1 saturated heterocycles. The number of methoxy groups -OCH3 is 1. The number of nitrogens with zero attached hydrogens (tertiary/aromatic N) is 1. The van der Waals surface area contributed by atoms with Gasteiger partial charge in [-0.2, -0.15) is 0 Å². The van der Waals surface area contributed by atoms with E-state index >= 15 is 0 Å². The summed E-state index contributed by atoms with van der Waals surface area (Å²) in [5.41, 5.74) is 1.61. The molecule has 3 rings (SSSR count). The van der Waals surface area contributed by atoms with Crippen LogP contribution in [0.15, 0.2) is 24.3 Å². The molecule has 0 spiro atoms. The van der Waals surface area contributed by atoms with Crippen LogP contribution in [0.25, 0.3) is 0 Å². The van der Waals surface area contributed by atoms with E-state index in [-0.39, 0.29) is 0 Å². The van der Waals surface area contributed by atoms with Crippen molar-refractivity contribution in [3.05, 3.63) is 29.8 Å². The molecule has 1 aromatic carbocycles. The molecular weight excluding hydrogens is 354 g/mol. The van der Waals surface area contributed by atoms with Gasteiger partial charge in [-0.1, -0.05) is 37.8 Å². The highest BCUT2D eigenvalue weighted by molar-refractivity contribution is 7.80. The second-order valence-corrected chi connectivity index (χ2v) is 8.45. The number of thiocarbonyl (C=S) groups is 1. The molecule has 2 aliphatic rings. The summed E-state index contributed by atoms with van der Waals surface area (Å²) in [6.07, 6.45) is 11.8. The first kappa shape index (κ1) is 20.4. The highest BCUT2D eigenvalue weighted by Crippen LogP contribution is 2.35. The fraction of sp³-hybridized carbons (Fsp3) is 0.682. The number of hydrogen-bond acceptors (Lipinski definition) is 3. The largest absolute Gasteiger partial charge is 0.497 e. The zero-order valence-corrected chi connectivity index (χ0v) is 17.6. The first-order valence-corrected chi connectivity index (χ1v) is 11.0. The van der Waals surface area contributed by atoms with Gasteiger partial charge in [0.25, 0.3) is 0 Å². The third-order valence-electron chi connectivity index (χ3n) is 6.25. The summed E-state index contributed by atoms with van der Waals surface area (Å²) < 4.78 is 5.21. The van der Waals surface area contributed by atoms with Crippen LogP contribution < -0.4 is 15.4 Å². The van der Waals surface area contributed by atoms with Crippen molar-refractivity contribution >= 4 is 17.3 Å². The first-order valence-electron chi connectivity index (χ1n) is 10.6. The van der Waals surface area contributed by atoms with Gasteiger partial charge in [0.1, 0.15) is 5.75 Å². The maximum atomic E-state index is 5.57. The minimum absolute atomic E-state index is 0.320. The summed E-state index contributed by atoms with van der Waals surface area (Å²) in [5.74, 6) is 0.902.